The summed E-state index contributed by atoms with van der Waals surface area (Å²) in [5.41, 5.74) is 0. The van der Waals surface area contributed by atoms with Crippen LogP contribution in [0.1, 0.15) is 6.42 Å². The summed E-state index contributed by atoms with van der Waals surface area (Å²) >= 11 is 9.28. The molecular formula is C13H15BrClNO4S. The van der Waals surface area contributed by atoms with E-state index >= 15 is 0 Å². The van der Waals surface area contributed by atoms with Crippen LogP contribution in [-0.4, -0.2) is 50.4 Å². The molecule has 0 N–H and O–H groups in total. The van der Waals surface area contributed by atoms with E-state index in [2.05, 4.69) is 15.9 Å². The number of carbonyl (C=O) groups is 1. The molecule has 1 atom stereocenters. The van der Waals surface area contributed by atoms with Crippen molar-refractivity contribution >= 4 is 43.3 Å². The van der Waals surface area contributed by atoms with Crippen molar-refractivity contribution in [2.24, 2.45) is 0 Å². The first-order valence-corrected chi connectivity index (χ1v) is 9.32. The highest BCUT2D eigenvalue weighted by Crippen LogP contribution is 2.27. The van der Waals surface area contributed by atoms with Gasteiger partial charge in [-0.15, -0.1) is 0 Å². The minimum Gasteiger partial charge on any atom is -0.482 e. The Morgan fingerprint density at radius 3 is 2.81 bits per heavy atom. The molecule has 1 aromatic carbocycles. The van der Waals surface area contributed by atoms with E-state index < -0.39 is 9.84 Å². The summed E-state index contributed by atoms with van der Waals surface area (Å²) in [6.45, 7) is -0.172. The van der Waals surface area contributed by atoms with Gasteiger partial charge in [0, 0.05) is 17.6 Å². The lowest BCUT2D eigenvalue weighted by Gasteiger charge is -2.23. The molecule has 0 aliphatic carbocycles. The van der Waals surface area contributed by atoms with E-state index in [9.17, 15) is 13.2 Å². The van der Waals surface area contributed by atoms with Gasteiger partial charge in [0.1, 0.15) is 5.75 Å². The Balaban J connectivity index is 1.92. The molecule has 2 rings (SSSR count). The Bertz CT molecular complexity index is 650. The molecule has 116 valence electrons. The maximum absolute atomic E-state index is 12.0. The van der Waals surface area contributed by atoms with Gasteiger partial charge in [0.25, 0.3) is 5.91 Å². The van der Waals surface area contributed by atoms with Gasteiger partial charge in [-0.25, -0.2) is 8.42 Å². The smallest absolute Gasteiger partial charge is 0.260 e. The molecule has 0 radical (unpaired) electrons. The number of rotatable bonds is 4. The lowest BCUT2D eigenvalue weighted by atomic mass is 10.2. The molecular weight excluding hydrogens is 382 g/mol. The monoisotopic (exact) mass is 395 g/mol. The molecule has 8 heteroatoms. The number of ether oxygens (including phenoxy) is 1. The zero-order valence-electron chi connectivity index (χ0n) is 11.4. The van der Waals surface area contributed by atoms with Crippen LogP contribution in [0.2, 0.25) is 5.02 Å². The summed E-state index contributed by atoms with van der Waals surface area (Å²) in [6.07, 6.45) is 0.476. The van der Waals surface area contributed by atoms with Crippen LogP contribution in [0.5, 0.6) is 5.75 Å². The fourth-order valence-electron chi connectivity index (χ4n) is 2.12. The summed E-state index contributed by atoms with van der Waals surface area (Å²) in [5.74, 6) is 0.305. The van der Waals surface area contributed by atoms with E-state index in [1.165, 1.54) is 4.90 Å². The third kappa shape index (κ3) is 4.34. The number of amides is 1. The number of sulfone groups is 1. The lowest BCUT2D eigenvalue weighted by Crippen LogP contribution is -2.40. The molecule has 21 heavy (non-hydrogen) atoms. The molecule has 0 saturated carbocycles. The van der Waals surface area contributed by atoms with E-state index in [0.717, 1.165) is 4.47 Å². The van der Waals surface area contributed by atoms with Crippen molar-refractivity contribution in [3.8, 4) is 5.75 Å². The van der Waals surface area contributed by atoms with Crippen LogP contribution in [0.25, 0.3) is 0 Å². The van der Waals surface area contributed by atoms with Gasteiger partial charge < -0.3 is 9.64 Å². The first-order chi connectivity index (χ1) is 9.78. The van der Waals surface area contributed by atoms with Crippen molar-refractivity contribution in [3.63, 3.8) is 0 Å². The van der Waals surface area contributed by atoms with E-state index in [4.69, 9.17) is 16.3 Å². The van der Waals surface area contributed by atoms with Crippen LogP contribution in [0, 0.1) is 0 Å². The summed E-state index contributed by atoms with van der Waals surface area (Å²) < 4.78 is 29.1. The maximum Gasteiger partial charge on any atom is 0.260 e. The second kappa shape index (κ2) is 6.54. The second-order valence-electron chi connectivity index (χ2n) is 4.92. The van der Waals surface area contributed by atoms with Gasteiger partial charge in [0.05, 0.1) is 16.5 Å². The lowest BCUT2D eigenvalue weighted by molar-refractivity contribution is -0.133. The van der Waals surface area contributed by atoms with E-state index in [0.29, 0.717) is 17.2 Å². The standard InChI is InChI=1S/C13H15BrClNO4S/c1-16(10-4-5-21(18,19)8-10)13(17)7-20-12-3-2-9(14)6-11(12)15/h2-3,6,10H,4-5,7-8H2,1H3/t10-/m0/s1. The van der Waals surface area contributed by atoms with Crippen LogP contribution in [0.15, 0.2) is 22.7 Å². The van der Waals surface area contributed by atoms with Crippen LogP contribution in [-0.2, 0) is 14.6 Å². The average Bonchev–Trinajstić information content (AvgIpc) is 2.77. The van der Waals surface area contributed by atoms with Crippen molar-refractivity contribution in [1.29, 1.82) is 0 Å². The zero-order chi connectivity index (χ0) is 15.6. The molecule has 1 fully saturated rings. The molecule has 1 aromatic rings. The average molecular weight is 397 g/mol. The predicted octanol–water partition coefficient (Wildman–Crippen LogP) is 2.13. The topological polar surface area (TPSA) is 63.7 Å². The number of carbonyl (C=O) groups excluding carboxylic acids is 1. The van der Waals surface area contributed by atoms with Gasteiger partial charge in [-0.1, -0.05) is 27.5 Å². The molecule has 0 unspecified atom stereocenters. The van der Waals surface area contributed by atoms with Crippen molar-refractivity contribution in [3.05, 3.63) is 27.7 Å². The molecule has 1 heterocycles. The number of hydrogen-bond donors (Lipinski definition) is 0. The first kappa shape index (κ1) is 16.6. The van der Waals surface area contributed by atoms with Crippen molar-refractivity contribution < 1.29 is 17.9 Å². The summed E-state index contributed by atoms with van der Waals surface area (Å²) in [6, 6.07) is 4.83. The quantitative estimate of drug-likeness (QED) is 0.782. The van der Waals surface area contributed by atoms with Gasteiger partial charge in [-0.05, 0) is 24.6 Å². The zero-order valence-corrected chi connectivity index (χ0v) is 14.5. The maximum atomic E-state index is 12.0. The van der Waals surface area contributed by atoms with Crippen LogP contribution in [0.3, 0.4) is 0 Å². The fourth-order valence-corrected chi connectivity index (χ4v) is 4.62. The third-order valence-corrected chi connectivity index (χ3v) is 5.93. The molecule has 1 amide bonds. The largest absolute Gasteiger partial charge is 0.482 e. The molecule has 0 bridgehead atoms. The predicted molar refractivity (Wildman–Crippen MR) is 84.5 cm³/mol. The van der Waals surface area contributed by atoms with Crippen molar-refractivity contribution in [2.75, 3.05) is 25.2 Å². The number of halogens is 2. The Morgan fingerprint density at radius 1 is 1.52 bits per heavy atom. The molecule has 1 aliphatic rings. The summed E-state index contributed by atoms with van der Waals surface area (Å²) in [4.78, 5) is 13.5. The van der Waals surface area contributed by atoms with Crippen LogP contribution < -0.4 is 4.74 Å². The van der Waals surface area contributed by atoms with Gasteiger partial charge in [-0.2, -0.15) is 0 Å². The van der Waals surface area contributed by atoms with Crippen molar-refractivity contribution in [1.82, 2.24) is 4.90 Å². The third-order valence-electron chi connectivity index (χ3n) is 3.39. The number of nitrogens with zero attached hydrogens (tertiary/aromatic N) is 1. The number of likely N-dealkylation sites (N-methyl/N-ethyl adjacent to an activating group) is 1. The highest BCUT2D eigenvalue weighted by atomic mass is 79.9. The molecule has 1 saturated heterocycles. The summed E-state index contributed by atoms with van der Waals surface area (Å²) in [5, 5.41) is 0.406. The van der Waals surface area contributed by atoms with Gasteiger partial charge in [0.15, 0.2) is 16.4 Å². The van der Waals surface area contributed by atoms with E-state index in [1.54, 1.807) is 25.2 Å². The molecule has 0 aromatic heterocycles. The Kier molecular flexibility index (Phi) is 5.16. The first-order valence-electron chi connectivity index (χ1n) is 6.32. The van der Waals surface area contributed by atoms with Crippen molar-refractivity contribution in [2.45, 2.75) is 12.5 Å². The van der Waals surface area contributed by atoms with Gasteiger partial charge in [-0.3, -0.25) is 4.79 Å². The van der Waals surface area contributed by atoms with Gasteiger partial charge in [0.2, 0.25) is 0 Å². The highest BCUT2D eigenvalue weighted by Gasteiger charge is 2.32. The van der Waals surface area contributed by atoms with Crippen LogP contribution >= 0.6 is 27.5 Å². The Labute approximate surface area is 137 Å². The molecule has 5 nitrogen and oxygen atoms in total. The minimum atomic E-state index is -3.01. The Morgan fingerprint density at radius 2 is 2.24 bits per heavy atom. The van der Waals surface area contributed by atoms with E-state index in [-0.39, 0.29) is 30.1 Å². The minimum absolute atomic E-state index is 0.0221. The van der Waals surface area contributed by atoms with Gasteiger partial charge >= 0.3 is 0 Å². The Hall–Kier alpha value is -0.790. The second-order valence-corrected chi connectivity index (χ2v) is 8.48. The molecule has 0 spiro atoms. The van der Waals surface area contributed by atoms with E-state index in [1.807, 2.05) is 0 Å². The summed E-state index contributed by atoms with van der Waals surface area (Å²) in [7, 11) is -1.42. The normalized spacial score (nSPS) is 20.2. The number of hydrogen-bond acceptors (Lipinski definition) is 4. The molecule has 1 aliphatic heterocycles. The SMILES string of the molecule is CN(C(=O)COc1ccc(Br)cc1Cl)[C@H]1CCS(=O)(=O)C1. The number of benzene rings is 1. The fraction of sp³-hybridized carbons (Fsp3) is 0.462. The van der Waals surface area contributed by atoms with Crippen LogP contribution in [0.4, 0.5) is 0 Å². The highest BCUT2D eigenvalue weighted by molar-refractivity contribution is 9.10.